The van der Waals surface area contributed by atoms with E-state index in [1.165, 1.54) is 0 Å². The van der Waals surface area contributed by atoms with Crippen molar-refractivity contribution < 1.29 is 19.0 Å². The molecule has 4 heteroatoms. The first-order valence-electron chi connectivity index (χ1n) is 5.67. The fraction of sp³-hybridized carbons (Fsp3) is 0.917. The van der Waals surface area contributed by atoms with Gasteiger partial charge in [0.1, 0.15) is 5.60 Å². The number of carbonyl (C=O) groups excluding carboxylic acids is 1. The van der Waals surface area contributed by atoms with E-state index in [4.69, 9.17) is 14.2 Å². The van der Waals surface area contributed by atoms with E-state index < -0.39 is 11.2 Å². The molecular formula is C12H22O4. The highest BCUT2D eigenvalue weighted by Crippen LogP contribution is 2.37. The summed E-state index contributed by atoms with van der Waals surface area (Å²) < 4.78 is 16.1. The van der Waals surface area contributed by atoms with Crippen LogP contribution in [-0.2, 0) is 19.0 Å². The number of hydrogen-bond donors (Lipinski definition) is 0. The summed E-state index contributed by atoms with van der Waals surface area (Å²) >= 11 is 0. The molecule has 0 aromatic heterocycles. The molecule has 0 aromatic carbocycles. The van der Waals surface area contributed by atoms with Crippen LogP contribution in [0, 0.1) is 0 Å². The maximum atomic E-state index is 12.2. The van der Waals surface area contributed by atoms with Crippen molar-refractivity contribution in [2.24, 2.45) is 0 Å². The zero-order chi connectivity index (χ0) is 12.4. The number of methoxy groups -OCH3 is 2. The van der Waals surface area contributed by atoms with Gasteiger partial charge in [0.05, 0.1) is 6.10 Å². The smallest absolute Gasteiger partial charge is 0.341 e. The maximum Gasteiger partial charge on any atom is 0.341 e. The van der Waals surface area contributed by atoms with Gasteiger partial charge >= 0.3 is 5.97 Å². The van der Waals surface area contributed by atoms with Crippen molar-refractivity contribution in [2.75, 3.05) is 14.2 Å². The maximum absolute atomic E-state index is 12.2. The van der Waals surface area contributed by atoms with E-state index in [-0.39, 0.29) is 12.1 Å². The summed E-state index contributed by atoms with van der Waals surface area (Å²) in [7, 11) is 3.15. The minimum Gasteiger partial charge on any atom is -0.458 e. The van der Waals surface area contributed by atoms with Crippen LogP contribution in [0.5, 0.6) is 0 Å². The molecule has 1 aliphatic rings. The van der Waals surface area contributed by atoms with Gasteiger partial charge in [-0.1, -0.05) is 0 Å². The largest absolute Gasteiger partial charge is 0.458 e. The molecule has 4 nitrogen and oxygen atoms in total. The van der Waals surface area contributed by atoms with Crippen molar-refractivity contribution in [3.63, 3.8) is 0 Å². The highest BCUT2D eigenvalue weighted by Gasteiger charge is 2.52. The number of esters is 1. The molecule has 1 fully saturated rings. The molecule has 0 amide bonds. The van der Waals surface area contributed by atoms with Gasteiger partial charge < -0.3 is 14.2 Å². The fourth-order valence-electron chi connectivity index (χ4n) is 2.17. The van der Waals surface area contributed by atoms with Gasteiger partial charge in [0.25, 0.3) is 0 Å². The predicted octanol–water partition coefficient (Wildman–Crippen LogP) is 1.91. The Bertz CT molecular complexity index is 256. The third-order valence-corrected chi connectivity index (χ3v) is 2.93. The highest BCUT2D eigenvalue weighted by molar-refractivity contribution is 5.81. The summed E-state index contributed by atoms with van der Waals surface area (Å²) in [6, 6.07) is 0. The average molecular weight is 230 g/mol. The molecule has 0 spiro atoms. The van der Waals surface area contributed by atoms with E-state index in [9.17, 15) is 4.79 Å². The molecular weight excluding hydrogens is 208 g/mol. The summed E-state index contributed by atoms with van der Waals surface area (Å²) in [6.07, 6.45) is 2.22. The Labute approximate surface area is 97.2 Å². The van der Waals surface area contributed by atoms with Crippen LogP contribution in [0.2, 0.25) is 0 Å². The van der Waals surface area contributed by atoms with Crippen molar-refractivity contribution in [1.82, 2.24) is 0 Å². The van der Waals surface area contributed by atoms with E-state index in [1.54, 1.807) is 14.2 Å². The third-order valence-electron chi connectivity index (χ3n) is 2.93. The van der Waals surface area contributed by atoms with E-state index in [2.05, 4.69) is 0 Å². The van der Waals surface area contributed by atoms with Gasteiger partial charge in [-0.05, 0) is 40.0 Å². The second-order valence-electron chi connectivity index (χ2n) is 5.21. The van der Waals surface area contributed by atoms with Crippen molar-refractivity contribution in [2.45, 2.75) is 57.3 Å². The van der Waals surface area contributed by atoms with Crippen LogP contribution in [0.25, 0.3) is 0 Å². The molecule has 0 radical (unpaired) electrons. The lowest BCUT2D eigenvalue weighted by atomic mass is 9.99. The Morgan fingerprint density at radius 1 is 1.31 bits per heavy atom. The van der Waals surface area contributed by atoms with Crippen molar-refractivity contribution in [3.05, 3.63) is 0 Å². The monoisotopic (exact) mass is 230 g/mol. The van der Waals surface area contributed by atoms with Gasteiger partial charge in [0.2, 0.25) is 0 Å². The molecule has 94 valence electrons. The number of ether oxygens (including phenoxy) is 3. The topological polar surface area (TPSA) is 44.8 Å². The van der Waals surface area contributed by atoms with Gasteiger partial charge in [-0.2, -0.15) is 0 Å². The molecule has 0 aliphatic heterocycles. The molecule has 0 heterocycles. The standard InChI is InChI=1S/C12H22O4/c1-11(2,3)16-10(13)12(15-5)8-6-7-9(12)14-4/h9H,6-8H2,1-5H3. The van der Waals surface area contributed by atoms with Crippen LogP contribution >= 0.6 is 0 Å². The van der Waals surface area contributed by atoms with Gasteiger partial charge in [-0.25, -0.2) is 4.79 Å². The minimum atomic E-state index is -0.915. The molecule has 16 heavy (non-hydrogen) atoms. The van der Waals surface area contributed by atoms with E-state index in [0.29, 0.717) is 6.42 Å². The zero-order valence-electron chi connectivity index (χ0n) is 10.8. The van der Waals surface area contributed by atoms with E-state index >= 15 is 0 Å². The van der Waals surface area contributed by atoms with Gasteiger partial charge in [-0.3, -0.25) is 0 Å². The second kappa shape index (κ2) is 4.72. The first-order chi connectivity index (χ1) is 7.35. The first-order valence-corrected chi connectivity index (χ1v) is 5.67. The molecule has 1 aliphatic carbocycles. The summed E-state index contributed by atoms with van der Waals surface area (Å²) in [5, 5.41) is 0. The van der Waals surface area contributed by atoms with Crippen molar-refractivity contribution in [3.8, 4) is 0 Å². The normalized spacial score (nSPS) is 30.4. The van der Waals surface area contributed by atoms with E-state index in [1.807, 2.05) is 20.8 Å². The average Bonchev–Trinajstić information content (AvgIpc) is 2.58. The van der Waals surface area contributed by atoms with Crippen LogP contribution in [0.4, 0.5) is 0 Å². The zero-order valence-corrected chi connectivity index (χ0v) is 10.8. The first kappa shape index (κ1) is 13.5. The lowest BCUT2D eigenvalue weighted by molar-refractivity contribution is -0.192. The van der Waals surface area contributed by atoms with Gasteiger partial charge in [0.15, 0.2) is 5.60 Å². The van der Waals surface area contributed by atoms with Crippen molar-refractivity contribution in [1.29, 1.82) is 0 Å². The third kappa shape index (κ3) is 2.55. The molecule has 2 unspecified atom stereocenters. The van der Waals surface area contributed by atoms with Gasteiger partial charge in [0, 0.05) is 14.2 Å². The minimum absolute atomic E-state index is 0.202. The Hall–Kier alpha value is -0.610. The Kier molecular flexibility index (Phi) is 3.97. The van der Waals surface area contributed by atoms with Crippen LogP contribution in [0.15, 0.2) is 0 Å². The summed E-state index contributed by atoms with van der Waals surface area (Å²) in [4.78, 5) is 12.2. The summed E-state index contributed by atoms with van der Waals surface area (Å²) in [5.41, 5.74) is -1.41. The molecule has 0 bridgehead atoms. The Morgan fingerprint density at radius 2 is 1.94 bits per heavy atom. The lowest BCUT2D eigenvalue weighted by Crippen LogP contribution is -2.51. The molecule has 0 N–H and O–H groups in total. The molecule has 1 saturated carbocycles. The molecule has 0 saturated heterocycles. The van der Waals surface area contributed by atoms with Gasteiger partial charge in [-0.15, -0.1) is 0 Å². The molecule has 0 aromatic rings. The van der Waals surface area contributed by atoms with Crippen LogP contribution in [-0.4, -0.2) is 37.5 Å². The second-order valence-corrected chi connectivity index (χ2v) is 5.21. The fourth-order valence-corrected chi connectivity index (χ4v) is 2.17. The van der Waals surface area contributed by atoms with Crippen LogP contribution in [0.3, 0.4) is 0 Å². The van der Waals surface area contributed by atoms with Crippen molar-refractivity contribution >= 4 is 5.97 Å². The quantitative estimate of drug-likeness (QED) is 0.695. The summed E-state index contributed by atoms with van der Waals surface area (Å²) in [6.45, 7) is 5.56. The number of rotatable bonds is 3. The Morgan fingerprint density at radius 3 is 2.38 bits per heavy atom. The highest BCUT2D eigenvalue weighted by atomic mass is 16.6. The molecule has 2 atom stereocenters. The SMILES string of the molecule is COC1CCCC1(OC)C(=O)OC(C)(C)C. The molecule has 1 rings (SSSR count). The summed E-state index contributed by atoms with van der Waals surface area (Å²) in [5.74, 6) is -0.313. The lowest BCUT2D eigenvalue weighted by Gasteiger charge is -2.33. The number of hydrogen-bond acceptors (Lipinski definition) is 4. The predicted molar refractivity (Wildman–Crippen MR) is 60.2 cm³/mol. The van der Waals surface area contributed by atoms with Crippen LogP contribution < -0.4 is 0 Å². The number of carbonyl (C=O) groups is 1. The van der Waals surface area contributed by atoms with Crippen LogP contribution in [0.1, 0.15) is 40.0 Å². The Balaban J connectivity index is 2.83. The van der Waals surface area contributed by atoms with E-state index in [0.717, 1.165) is 12.8 Å².